The molecule has 0 spiro atoms. The Bertz CT molecular complexity index is 723. The summed E-state index contributed by atoms with van der Waals surface area (Å²) < 4.78 is 2.39. The number of hydrogen-bond acceptors (Lipinski definition) is 3. The molecule has 0 aliphatic carbocycles. The minimum Gasteiger partial charge on any atom is -0.306 e. The van der Waals surface area contributed by atoms with Gasteiger partial charge in [-0.05, 0) is 41.6 Å². The van der Waals surface area contributed by atoms with Crippen LogP contribution in [0.5, 0.6) is 0 Å². The van der Waals surface area contributed by atoms with Gasteiger partial charge in [-0.1, -0.05) is 34.1 Å². The summed E-state index contributed by atoms with van der Waals surface area (Å²) >= 11 is 5.32. The normalized spacial score (nSPS) is 12.7. The van der Waals surface area contributed by atoms with Crippen molar-refractivity contribution in [3.63, 3.8) is 0 Å². The molecule has 2 heterocycles. The lowest BCUT2D eigenvalue weighted by Crippen LogP contribution is -2.18. The quantitative estimate of drug-likeness (QED) is 0.725. The van der Waals surface area contributed by atoms with Gasteiger partial charge in [0, 0.05) is 23.3 Å². The number of benzene rings is 1. The summed E-state index contributed by atoms with van der Waals surface area (Å²) in [5.74, 6) is 0. The largest absolute Gasteiger partial charge is 0.306 e. The van der Waals surface area contributed by atoms with Crippen LogP contribution >= 0.6 is 27.3 Å². The maximum atomic E-state index is 4.50. The Morgan fingerprint density at radius 3 is 3.00 bits per heavy atom. The Morgan fingerprint density at radius 2 is 2.15 bits per heavy atom. The second-order valence-corrected chi connectivity index (χ2v) is 6.57. The summed E-state index contributed by atoms with van der Waals surface area (Å²) in [6.07, 6.45) is 1.97. The second kappa shape index (κ2) is 6.04. The molecule has 1 unspecified atom stereocenters. The van der Waals surface area contributed by atoms with Gasteiger partial charge < -0.3 is 5.32 Å². The van der Waals surface area contributed by atoms with Gasteiger partial charge in [-0.2, -0.15) is 0 Å². The van der Waals surface area contributed by atoms with Gasteiger partial charge in [0.2, 0.25) is 0 Å². The first-order chi connectivity index (χ1) is 9.74. The van der Waals surface area contributed by atoms with Gasteiger partial charge >= 0.3 is 0 Å². The Hall–Kier alpha value is -1.23. The van der Waals surface area contributed by atoms with Crippen LogP contribution in [0.25, 0.3) is 10.2 Å². The molecule has 0 aliphatic rings. The number of thiophene rings is 1. The van der Waals surface area contributed by atoms with Crippen LogP contribution in [-0.4, -0.2) is 4.98 Å². The standard InChI is InChI=1S/C16H15BrN2S/c1-11(18-9-12-4-2-3-5-14(12)17)13-8-16-15(19-10-13)6-7-20-16/h2-8,10-11,18H,9H2,1H3. The van der Waals surface area contributed by atoms with Crippen LogP contribution in [0.4, 0.5) is 0 Å². The third kappa shape index (κ3) is 2.92. The van der Waals surface area contributed by atoms with Crippen LogP contribution in [0.15, 0.2) is 52.4 Å². The molecule has 0 radical (unpaired) electrons. The van der Waals surface area contributed by atoms with Gasteiger partial charge in [-0.15, -0.1) is 11.3 Å². The van der Waals surface area contributed by atoms with Gasteiger partial charge in [0.15, 0.2) is 0 Å². The molecule has 1 N–H and O–H groups in total. The highest BCUT2D eigenvalue weighted by Crippen LogP contribution is 2.23. The van der Waals surface area contributed by atoms with Crippen LogP contribution in [0, 0.1) is 0 Å². The monoisotopic (exact) mass is 346 g/mol. The first-order valence-corrected chi connectivity index (χ1v) is 8.21. The Balaban J connectivity index is 1.72. The zero-order chi connectivity index (χ0) is 13.9. The topological polar surface area (TPSA) is 24.9 Å². The molecule has 102 valence electrons. The van der Waals surface area contributed by atoms with Gasteiger partial charge in [0.05, 0.1) is 10.2 Å². The van der Waals surface area contributed by atoms with E-state index in [4.69, 9.17) is 0 Å². The molecular weight excluding hydrogens is 332 g/mol. The van der Waals surface area contributed by atoms with E-state index in [-0.39, 0.29) is 6.04 Å². The Morgan fingerprint density at radius 1 is 1.30 bits per heavy atom. The number of nitrogens with zero attached hydrogens (tertiary/aromatic N) is 1. The second-order valence-electron chi connectivity index (χ2n) is 4.77. The summed E-state index contributed by atoms with van der Waals surface area (Å²) in [5.41, 5.74) is 3.58. The highest BCUT2D eigenvalue weighted by atomic mass is 79.9. The smallest absolute Gasteiger partial charge is 0.0809 e. The summed E-state index contributed by atoms with van der Waals surface area (Å²) in [5, 5.41) is 5.63. The lowest BCUT2D eigenvalue weighted by atomic mass is 10.1. The summed E-state index contributed by atoms with van der Waals surface area (Å²) in [7, 11) is 0. The van der Waals surface area contributed by atoms with Gasteiger partial charge in [-0.3, -0.25) is 4.98 Å². The maximum Gasteiger partial charge on any atom is 0.0809 e. The van der Waals surface area contributed by atoms with Crippen molar-refractivity contribution < 1.29 is 0 Å². The molecule has 0 aliphatic heterocycles. The van der Waals surface area contributed by atoms with Crippen molar-refractivity contribution in [3.05, 3.63) is 63.6 Å². The number of fused-ring (bicyclic) bond motifs is 1. The lowest BCUT2D eigenvalue weighted by molar-refractivity contribution is 0.573. The highest BCUT2D eigenvalue weighted by molar-refractivity contribution is 9.10. The van der Waals surface area contributed by atoms with E-state index in [2.05, 4.69) is 68.9 Å². The average Bonchev–Trinajstić information content (AvgIpc) is 2.93. The van der Waals surface area contributed by atoms with Crippen molar-refractivity contribution in [2.24, 2.45) is 0 Å². The predicted octanol–water partition coefficient (Wildman–Crippen LogP) is 4.91. The molecule has 0 saturated heterocycles. The van der Waals surface area contributed by atoms with Crippen molar-refractivity contribution in [2.75, 3.05) is 0 Å². The van der Waals surface area contributed by atoms with Crippen molar-refractivity contribution in [1.82, 2.24) is 10.3 Å². The first kappa shape index (κ1) is 13.7. The van der Waals surface area contributed by atoms with Crippen molar-refractivity contribution >= 4 is 37.5 Å². The van der Waals surface area contributed by atoms with Crippen LogP contribution in [0.2, 0.25) is 0 Å². The fourth-order valence-electron chi connectivity index (χ4n) is 2.12. The number of pyridine rings is 1. The fourth-order valence-corrected chi connectivity index (χ4v) is 3.34. The minimum atomic E-state index is 0.279. The summed E-state index contributed by atoms with van der Waals surface area (Å²) in [4.78, 5) is 4.50. The average molecular weight is 347 g/mol. The van der Waals surface area contributed by atoms with E-state index in [1.54, 1.807) is 11.3 Å². The molecule has 4 heteroatoms. The molecule has 3 aromatic rings. The van der Waals surface area contributed by atoms with E-state index in [9.17, 15) is 0 Å². The van der Waals surface area contributed by atoms with Gasteiger partial charge in [0.1, 0.15) is 0 Å². The number of rotatable bonds is 4. The predicted molar refractivity (Wildman–Crippen MR) is 89.0 cm³/mol. The van der Waals surface area contributed by atoms with E-state index in [0.29, 0.717) is 0 Å². The first-order valence-electron chi connectivity index (χ1n) is 6.54. The van der Waals surface area contributed by atoms with E-state index >= 15 is 0 Å². The molecule has 3 rings (SSSR count). The van der Waals surface area contributed by atoms with Crippen LogP contribution in [0.3, 0.4) is 0 Å². The van der Waals surface area contributed by atoms with Crippen molar-refractivity contribution in [3.8, 4) is 0 Å². The minimum absolute atomic E-state index is 0.279. The third-order valence-corrected chi connectivity index (χ3v) is 5.01. The molecule has 1 aromatic carbocycles. The molecule has 0 saturated carbocycles. The fraction of sp³-hybridized carbons (Fsp3) is 0.188. The number of hydrogen-bond donors (Lipinski definition) is 1. The van der Waals surface area contributed by atoms with Crippen LogP contribution in [-0.2, 0) is 6.54 Å². The van der Waals surface area contributed by atoms with Crippen molar-refractivity contribution in [2.45, 2.75) is 19.5 Å². The number of halogens is 1. The molecule has 2 nitrogen and oxygen atoms in total. The molecule has 1 atom stereocenters. The van der Waals surface area contributed by atoms with Crippen molar-refractivity contribution in [1.29, 1.82) is 0 Å². The lowest BCUT2D eigenvalue weighted by Gasteiger charge is -2.14. The van der Waals surface area contributed by atoms with E-state index in [0.717, 1.165) is 16.5 Å². The molecule has 0 bridgehead atoms. The molecule has 0 amide bonds. The zero-order valence-corrected chi connectivity index (χ0v) is 13.5. The molecular formula is C16H15BrN2S. The zero-order valence-electron chi connectivity index (χ0n) is 11.1. The molecule has 0 fully saturated rings. The van der Waals surface area contributed by atoms with Gasteiger partial charge in [0.25, 0.3) is 0 Å². The van der Waals surface area contributed by atoms with Gasteiger partial charge in [-0.25, -0.2) is 0 Å². The van der Waals surface area contributed by atoms with Crippen LogP contribution < -0.4 is 5.32 Å². The molecule has 2 aromatic heterocycles. The maximum absolute atomic E-state index is 4.50. The summed E-state index contributed by atoms with van der Waals surface area (Å²) in [6, 6.07) is 12.9. The molecule has 20 heavy (non-hydrogen) atoms. The highest BCUT2D eigenvalue weighted by Gasteiger charge is 2.08. The van der Waals surface area contributed by atoms with E-state index < -0.39 is 0 Å². The third-order valence-electron chi connectivity index (χ3n) is 3.38. The Kier molecular flexibility index (Phi) is 4.15. The number of aromatic nitrogens is 1. The SMILES string of the molecule is CC(NCc1ccccc1Br)c1cnc2ccsc2c1. The van der Waals surface area contributed by atoms with Crippen LogP contribution in [0.1, 0.15) is 24.1 Å². The number of nitrogens with one attached hydrogen (secondary N) is 1. The van der Waals surface area contributed by atoms with E-state index in [1.807, 2.05) is 12.3 Å². The Labute approximate surface area is 131 Å². The summed E-state index contributed by atoms with van der Waals surface area (Å²) in [6.45, 7) is 3.01. The van der Waals surface area contributed by atoms with E-state index in [1.165, 1.54) is 15.8 Å².